The zero-order valence-corrected chi connectivity index (χ0v) is 12.6. The lowest BCUT2D eigenvalue weighted by Crippen LogP contribution is -2.35. The Morgan fingerprint density at radius 2 is 1.94 bits per heavy atom. The molecule has 89 valence electrons. The molecular formula is C12H15Br2O2. The van der Waals surface area contributed by atoms with Crippen molar-refractivity contribution in [2.24, 2.45) is 0 Å². The van der Waals surface area contributed by atoms with Crippen molar-refractivity contribution in [2.45, 2.75) is 19.6 Å². The van der Waals surface area contributed by atoms with Crippen LogP contribution in [0.1, 0.15) is 19.4 Å². The standard InChI is InChI=1S/C12H15Br2O2/c1-3-15-12(9-13,16-4-2)10-7-5-6-8-11(10)14/h5,7-8H,3-4,9H2,1-2H3. The highest BCUT2D eigenvalue weighted by molar-refractivity contribution is 9.10. The monoisotopic (exact) mass is 349 g/mol. The molecule has 0 amide bonds. The Balaban J connectivity index is 3.13. The quantitative estimate of drug-likeness (QED) is 0.572. The Bertz CT molecular complexity index is 323. The lowest BCUT2D eigenvalue weighted by atomic mass is 10.1. The fourth-order valence-corrected chi connectivity index (χ4v) is 2.72. The molecule has 4 heteroatoms. The summed E-state index contributed by atoms with van der Waals surface area (Å²) in [6.07, 6.45) is 0. The van der Waals surface area contributed by atoms with Crippen LogP contribution in [0.3, 0.4) is 0 Å². The molecule has 0 bridgehead atoms. The van der Waals surface area contributed by atoms with E-state index < -0.39 is 5.79 Å². The normalized spacial score (nSPS) is 11.8. The minimum Gasteiger partial charge on any atom is -0.345 e. The Morgan fingerprint density at radius 1 is 1.31 bits per heavy atom. The molecule has 1 rings (SSSR count). The highest BCUT2D eigenvalue weighted by Gasteiger charge is 2.34. The van der Waals surface area contributed by atoms with E-state index >= 15 is 0 Å². The summed E-state index contributed by atoms with van der Waals surface area (Å²) in [5, 5.41) is 0.588. The van der Waals surface area contributed by atoms with Crippen LogP contribution in [0.15, 0.2) is 22.7 Å². The van der Waals surface area contributed by atoms with E-state index in [1.165, 1.54) is 0 Å². The summed E-state index contributed by atoms with van der Waals surface area (Å²) in [7, 11) is 0. The molecule has 0 saturated carbocycles. The number of rotatable bonds is 6. The summed E-state index contributed by atoms with van der Waals surface area (Å²) >= 11 is 6.97. The van der Waals surface area contributed by atoms with Crippen molar-refractivity contribution >= 4 is 31.9 Å². The molecule has 0 atom stereocenters. The smallest absolute Gasteiger partial charge is 0.205 e. The fourth-order valence-electron chi connectivity index (χ4n) is 1.53. The number of hydrogen-bond acceptors (Lipinski definition) is 2. The maximum Gasteiger partial charge on any atom is 0.205 e. The van der Waals surface area contributed by atoms with Gasteiger partial charge in [0, 0.05) is 23.2 Å². The van der Waals surface area contributed by atoms with E-state index in [1.54, 1.807) is 0 Å². The number of halogens is 2. The van der Waals surface area contributed by atoms with Gasteiger partial charge in [-0.05, 0) is 26.0 Å². The van der Waals surface area contributed by atoms with Gasteiger partial charge in [-0.15, -0.1) is 0 Å². The molecule has 0 aliphatic carbocycles. The van der Waals surface area contributed by atoms with Gasteiger partial charge in [0.05, 0.1) is 5.33 Å². The van der Waals surface area contributed by atoms with Gasteiger partial charge in [0.15, 0.2) is 0 Å². The first-order valence-corrected chi connectivity index (χ1v) is 7.11. The highest BCUT2D eigenvalue weighted by Crippen LogP contribution is 2.34. The van der Waals surface area contributed by atoms with E-state index in [2.05, 4.69) is 37.9 Å². The summed E-state index contributed by atoms with van der Waals surface area (Å²) in [6.45, 7) is 5.10. The summed E-state index contributed by atoms with van der Waals surface area (Å²) in [5.74, 6) is -0.725. The zero-order valence-electron chi connectivity index (χ0n) is 9.43. The van der Waals surface area contributed by atoms with Crippen LogP contribution in [0, 0.1) is 6.07 Å². The van der Waals surface area contributed by atoms with Crippen LogP contribution in [0.2, 0.25) is 0 Å². The second kappa shape index (κ2) is 6.74. The average molecular weight is 351 g/mol. The molecule has 0 aliphatic heterocycles. The molecule has 0 spiro atoms. The predicted octanol–water partition coefficient (Wildman–Crippen LogP) is 3.87. The van der Waals surface area contributed by atoms with E-state index in [1.807, 2.05) is 32.0 Å². The number of hydrogen-bond donors (Lipinski definition) is 0. The van der Waals surface area contributed by atoms with Gasteiger partial charge < -0.3 is 9.47 Å². The van der Waals surface area contributed by atoms with Crippen LogP contribution >= 0.6 is 31.9 Å². The molecular weight excluding hydrogens is 336 g/mol. The lowest BCUT2D eigenvalue weighted by molar-refractivity contribution is -0.225. The molecule has 0 unspecified atom stereocenters. The first-order chi connectivity index (χ1) is 7.70. The minimum absolute atomic E-state index is 0.588. The average Bonchev–Trinajstić information content (AvgIpc) is 2.29. The van der Waals surface area contributed by atoms with Gasteiger partial charge in [-0.25, -0.2) is 0 Å². The van der Waals surface area contributed by atoms with E-state index in [0.29, 0.717) is 18.5 Å². The van der Waals surface area contributed by atoms with E-state index in [0.717, 1.165) is 10.0 Å². The second-order valence-electron chi connectivity index (χ2n) is 3.16. The van der Waals surface area contributed by atoms with Crippen molar-refractivity contribution in [1.29, 1.82) is 0 Å². The Morgan fingerprint density at radius 3 is 2.38 bits per heavy atom. The molecule has 2 nitrogen and oxygen atoms in total. The number of alkyl halides is 1. The van der Waals surface area contributed by atoms with Crippen LogP contribution in [-0.4, -0.2) is 18.5 Å². The van der Waals surface area contributed by atoms with Crippen molar-refractivity contribution in [3.05, 3.63) is 34.3 Å². The van der Waals surface area contributed by atoms with E-state index in [4.69, 9.17) is 9.47 Å². The van der Waals surface area contributed by atoms with Crippen LogP contribution in [0.5, 0.6) is 0 Å². The third-order valence-electron chi connectivity index (χ3n) is 2.15. The van der Waals surface area contributed by atoms with Gasteiger partial charge in [-0.1, -0.05) is 44.0 Å². The summed E-state index contributed by atoms with van der Waals surface area (Å²) in [5.41, 5.74) is 0.979. The third kappa shape index (κ3) is 3.06. The molecule has 0 N–H and O–H groups in total. The fraction of sp³-hybridized carbons (Fsp3) is 0.500. The molecule has 1 radical (unpaired) electrons. The molecule has 0 heterocycles. The molecule has 0 saturated heterocycles. The number of ether oxygens (including phenoxy) is 2. The molecule has 0 aromatic heterocycles. The first kappa shape index (κ1) is 14.2. The first-order valence-electron chi connectivity index (χ1n) is 5.20. The minimum atomic E-state index is -0.725. The van der Waals surface area contributed by atoms with Crippen molar-refractivity contribution < 1.29 is 9.47 Å². The van der Waals surface area contributed by atoms with Gasteiger partial charge in [-0.3, -0.25) is 0 Å². The van der Waals surface area contributed by atoms with Crippen LogP contribution < -0.4 is 0 Å². The molecule has 0 aliphatic rings. The van der Waals surface area contributed by atoms with E-state index in [-0.39, 0.29) is 0 Å². The zero-order chi connectivity index (χ0) is 12.0. The predicted molar refractivity (Wildman–Crippen MR) is 71.7 cm³/mol. The molecule has 0 fully saturated rings. The van der Waals surface area contributed by atoms with Gasteiger partial charge in [-0.2, -0.15) is 0 Å². The largest absolute Gasteiger partial charge is 0.345 e. The van der Waals surface area contributed by atoms with Gasteiger partial charge in [0.2, 0.25) is 5.79 Å². The topological polar surface area (TPSA) is 18.5 Å². The van der Waals surface area contributed by atoms with Gasteiger partial charge >= 0.3 is 0 Å². The van der Waals surface area contributed by atoms with Crippen LogP contribution in [0.25, 0.3) is 0 Å². The van der Waals surface area contributed by atoms with Crippen LogP contribution in [0.4, 0.5) is 0 Å². The van der Waals surface area contributed by atoms with Crippen molar-refractivity contribution in [1.82, 2.24) is 0 Å². The van der Waals surface area contributed by atoms with E-state index in [9.17, 15) is 0 Å². The maximum absolute atomic E-state index is 5.77. The molecule has 1 aromatic carbocycles. The summed E-state index contributed by atoms with van der Waals surface area (Å²) in [6, 6.07) is 8.69. The Kier molecular flexibility index (Phi) is 5.97. The Labute approximate surface area is 114 Å². The molecule has 1 aromatic rings. The Hall–Kier alpha value is 0.100. The second-order valence-corrected chi connectivity index (χ2v) is 4.57. The van der Waals surface area contributed by atoms with Gasteiger partial charge in [0.25, 0.3) is 0 Å². The lowest BCUT2D eigenvalue weighted by Gasteiger charge is -2.32. The summed E-state index contributed by atoms with van der Waals surface area (Å²) in [4.78, 5) is 0. The summed E-state index contributed by atoms with van der Waals surface area (Å²) < 4.78 is 12.5. The van der Waals surface area contributed by atoms with Crippen molar-refractivity contribution in [2.75, 3.05) is 18.5 Å². The highest BCUT2D eigenvalue weighted by atomic mass is 79.9. The van der Waals surface area contributed by atoms with Crippen LogP contribution in [-0.2, 0) is 15.3 Å². The van der Waals surface area contributed by atoms with Crippen molar-refractivity contribution in [3.63, 3.8) is 0 Å². The SMILES string of the molecule is CCOC(CBr)(OCC)c1cc[c]cc1Br. The van der Waals surface area contributed by atoms with Gasteiger partial charge in [0.1, 0.15) is 0 Å². The van der Waals surface area contributed by atoms with Crippen molar-refractivity contribution in [3.8, 4) is 0 Å². The third-order valence-corrected chi connectivity index (χ3v) is 3.55. The molecule has 16 heavy (non-hydrogen) atoms. The number of benzene rings is 1. The maximum atomic E-state index is 5.77.